The molecular weight excluding hydrogens is 120 g/mol. The van der Waals surface area contributed by atoms with Gasteiger partial charge in [-0.1, -0.05) is 12.2 Å². The number of hydrogen-bond donors (Lipinski definition) is 3. The number of hydrogen-bond acceptors (Lipinski definition) is 3. The Labute approximate surface area is 54.3 Å². The van der Waals surface area contributed by atoms with Crippen LogP contribution in [0.1, 0.15) is 0 Å². The van der Waals surface area contributed by atoms with Crippen LogP contribution in [-0.2, 0) is 0 Å². The van der Waals surface area contributed by atoms with Crippen molar-refractivity contribution in [2.24, 2.45) is 5.92 Å². The molecule has 0 aliphatic rings. The summed E-state index contributed by atoms with van der Waals surface area (Å²) < 4.78 is 0. The summed E-state index contributed by atoms with van der Waals surface area (Å²) in [5, 5.41) is 25.2. The minimum absolute atomic E-state index is 0.0451. The van der Waals surface area contributed by atoms with E-state index in [1.165, 1.54) is 6.08 Å². The van der Waals surface area contributed by atoms with E-state index in [1.54, 1.807) is 6.08 Å². The minimum atomic E-state index is -0.225. The van der Waals surface area contributed by atoms with Gasteiger partial charge in [-0.2, -0.15) is 0 Å². The summed E-state index contributed by atoms with van der Waals surface area (Å²) in [4.78, 5) is 0. The molecule has 0 heterocycles. The van der Waals surface area contributed by atoms with Crippen LogP contribution in [0.25, 0.3) is 0 Å². The molecule has 3 heteroatoms. The first-order valence-corrected chi connectivity index (χ1v) is 2.84. The predicted octanol–water partition coefficient (Wildman–Crippen LogP) is -0.864. The van der Waals surface area contributed by atoms with Gasteiger partial charge in [-0.15, -0.1) is 0 Å². The highest BCUT2D eigenvalue weighted by Gasteiger charge is 1.97. The second-order valence-electron chi connectivity index (χ2n) is 1.74. The van der Waals surface area contributed by atoms with E-state index in [-0.39, 0.29) is 25.7 Å². The maximum atomic E-state index is 8.46. The van der Waals surface area contributed by atoms with Crippen LogP contribution in [0.3, 0.4) is 0 Å². The lowest BCUT2D eigenvalue weighted by Crippen LogP contribution is -2.07. The van der Waals surface area contributed by atoms with Crippen molar-refractivity contribution in [3.63, 3.8) is 0 Å². The monoisotopic (exact) mass is 132 g/mol. The summed E-state index contributed by atoms with van der Waals surface area (Å²) in [5.41, 5.74) is 0. The summed E-state index contributed by atoms with van der Waals surface area (Å²) in [6.45, 7) is -0.198. The lowest BCUT2D eigenvalue weighted by atomic mass is 10.1. The van der Waals surface area contributed by atoms with Gasteiger partial charge in [0.15, 0.2) is 0 Å². The van der Waals surface area contributed by atoms with E-state index in [4.69, 9.17) is 15.3 Å². The third-order valence-electron chi connectivity index (χ3n) is 0.983. The van der Waals surface area contributed by atoms with Gasteiger partial charge in [0.1, 0.15) is 0 Å². The van der Waals surface area contributed by atoms with Crippen LogP contribution >= 0.6 is 0 Å². The molecule has 0 saturated carbocycles. The van der Waals surface area contributed by atoms with E-state index in [9.17, 15) is 0 Å². The van der Waals surface area contributed by atoms with Gasteiger partial charge in [0.05, 0.1) is 19.8 Å². The maximum Gasteiger partial charge on any atom is 0.0612 e. The van der Waals surface area contributed by atoms with Gasteiger partial charge in [0, 0.05) is 5.92 Å². The lowest BCUT2D eigenvalue weighted by molar-refractivity contribution is 0.177. The van der Waals surface area contributed by atoms with Crippen LogP contribution < -0.4 is 0 Å². The molecule has 0 radical (unpaired) electrons. The average molecular weight is 132 g/mol. The van der Waals surface area contributed by atoms with E-state index < -0.39 is 0 Å². The molecule has 0 fully saturated rings. The largest absolute Gasteiger partial charge is 0.396 e. The van der Waals surface area contributed by atoms with E-state index in [0.29, 0.717) is 0 Å². The minimum Gasteiger partial charge on any atom is -0.396 e. The van der Waals surface area contributed by atoms with E-state index in [0.717, 1.165) is 0 Å². The molecule has 54 valence electrons. The Balaban J connectivity index is 3.41. The van der Waals surface area contributed by atoms with Gasteiger partial charge in [-0.05, 0) is 0 Å². The van der Waals surface area contributed by atoms with Gasteiger partial charge in [0.25, 0.3) is 0 Å². The standard InChI is InChI=1S/C6H12O3/c7-3-1-2-6(4-8)5-9/h1-2,6-9H,3-5H2. The van der Waals surface area contributed by atoms with Crippen molar-refractivity contribution in [2.75, 3.05) is 19.8 Å². The number of rotatable bonds is 4. The molecule has 0 bridgehead atoms. The molecule has 0 aliphatic carbocycles. The Kier molecular flexibility index (Phi) is 5.51. The molecule has 0 unspecified atom stereocenters. The fourth-order valence-corrected chi connectivity index (χ4v) is 0.433. The smallest absolute Gasteiger partial charge is 0.0612 e. The SMILES string of the molecule is OCC=CC(CO)CO. The van der Waals surface area contributed by atoms with Crippen molar-refractivity contribution >= 4 is 0 Å². The first kappa shape index (κ1) is 8.62. The van der Waals surface area contributed by atoms with Crippen molar-refractivity contribution in [1.82, 2.24) is 0 Å². The molecule has 3 N–H and O–H groups in total. The van der Waals surface area contributed by atoms with Gasteiger partial charge < -0.3 is 15.3 Å². The van der Waals surface area contributed by atoms with Gasteiger partial charge in [-0.3, -0.25) is 0 Å². The zero-order valence-electron chi connectivity index (χ0n) is 5.20. The average Bonchev–Trinajstić information content (AvgIpc) is 1.91. The molecule has 3 nitrogen and oxygen atoms in total. The van der Waals surface area contributed by atoms with Crippen molar-refractivity contribution in [3.05, 3.63) is 12.2 Å². The maximum absolute atomic E-state index is 8.46. The van der Waals surface area contributed by atoms with Crippen molar-refractivity contribution in [1.29, 1.82) is 0 Å². The lowest BCUT2D eigenvalue weighted by Gasteiger charge is -2.01. The van der Waals surface area contributed by atoms with Gasteiger partial charge in [0.2, 0.25) is 0 Å². The normalized spacial score (nSPS) is 11.6. The molecule has 0 aromatic rings. The van der Waals surface area contributed by atoms with Crippen molar-refractivity contribution in [2.45, 2.75) is 0 Å². The van der Waals surface area contributed by atoms with Gasteiger partial charge in [-0.25, -0.2) is 0 Å². The van der Waals surface area contributed by atoms with E-state index in [1.807, 2.05) is 0 Å². The highest BCUT2D eigenvalue weighted by Crippen LogP contribution is 1.93. The van der Waals surface area contributed by atoms with Crippen LogP contribution in [0.15, 0.2) is 12.2 Å². The molecule has 9 heavy (non-hydrogen) atoms. The van der Waals surface area contributed by atoms with Crippen LogP contribution in [0.2, 0.25) is 0 Å². The second kappa shape index (κ2) is 5.75. The van der Waals surface area contributed by atoms with Gasteiger partial charge >= 0.3 is 0 Å². The second-order valence-corrected chi connectivity index (χ2v) is 1.74. The van der Waals surface area contributed by atoms with Crippen molar-refractivity contribution < 1.29 is 15.3 Å². The zero-order valence-corrected chi connectivity index (χ0v) is 5.20. The molecule has 0 aromatic carbocycles. The number of aliphatic hydroxyl groups is 3. The summed E-state index contributed by atoms with van der Waals surface area (Å²) in [7, 11) is 0. The third-order valence-corrected chi connectivity index (χ3v) is 0.983. The Hall–Kier alpha value is -0.380. The Morgan fingerprint density at radius 3 is 2.00 bits per heavy atom. The molecular formula is C6H12O3. The molecule has 0 amide bonds. The Bertz CT molecular complexity index is 76.4. The van der Waals surface area contributed by atoms with Crippen LogP contribution in [-0.4, -0.2) is 35.1 Å². The molecule has 0 aromatic heterocycles. The Morgan fingerprint density at radius 2 is 1.67 bits per heavy atom. The first-order valence-electron chi connectivity index (χ1n) is 2.84. The fourth-order valence-electron chi connectivity index (χ4n) is 0.433. The topological polar surface area (TPSA) is 60.7 Å². The fraction of sp³-hybridized carbons (Fsp3) is 0.667. The Morgan fingerprint density at radius 1 is 1.11 bits per heavy atom. The summed E-state index contributed by atoms with van der Waals surface area (Å²) in [5.74, 6) is -0.225. The van der Waals surface area contributed by atoms with Crippen LogP contribution in [0.5, 0.6) is 0 Å². The molecule has 0 rings (SSSR count). The quantitative estimate of drug-likeness (QED) is 0.436. The molecule has 0 saturated heterocycles. The zero-order chi connectivity index (χ0) is 7.11. The van der Waals surface area contributed by atoms with E-state index >= 15 is 0 Å². The highest BCUT2D eigenvalue weighted by atomic mass is 16.3. The van der Waals surface area contributed by atoms with Crippen molar-refractivity contribution in [3.8, 4) is 0 Å². The summed E-state index contributed by atoms with van der Waals surface area (Å²) in [6.07, 6.45) is 3.08. The molecule has 0 aliphatic heterocycles. The van der Waals surface area contributed by atoms with Crippen LogP contribution in [0.4, 0.5) is 0 Å². The van der Waals surface area contributed by atoms with Crippen LogP contribution in [0, 0.1) is 5.92 Å². The predicted molar refractivity (Wildman–Crippen MR) is 33.9 cm³/mol. The first-order chi connectivity index (χ1) is 4.35. The molecule has 0 atom stereocenters. The highest BCUT2D eigenvalue weighted by molar-refractivity contribution is 4.87. The third kappa shape index (κ3) is 4.14. The molecule has 0 spiro atoms. The van der Waals surface area contributed by atoms with E-state index in [2.05, 4.69) is 0 Å². The summed E-state index contributed by atoms with van der Waals surface area (Å²) in [6, 6.07) is 0. The summed E-state index contributed by atoms with van der Waals surface area (Å²) >= 11 is 0. The number of aliphatic hydroxyl groups excluding tert-OH is 3.